The van der Waals surface area contributed by atoms with E-state index in [1.165, 1.54) is 23.1 Å². The lowest BCUT2D eigenvalue weighted by atomic mass is 9.66. The van der Waals surface area contributed by atoms with Crippen LogP contribution in [0, 0.1) is 5.41 Å². The summed E-state index contributed by atoms with van der Waals surface area (Å²) in [6.45, 7) is 6.85. The van der Waals surface area contributed by atoms with Crippen molar-refractivity contribution in [3.63, 3.8) is 0 Å². The molecule has 39 heavy (non-hydrogen) atoms. The summed E-state index contributed by atoms with van der Waals surface area (Å²) in [6.07, 6.45) is 4.44. The Balaban J connectivity index is 0.000000233. The van der Waals surface area contributed by atoms with Crippen molar-refractivity contribution >= 4 is 40.5 Å². The Morgan fingerprint density at radius 3 is 2.31 bits per heavy atom. The minimum atomic E-state index is -2.74. The number of fused-ring (bicyclic) bond motifs is 3. The van der Waals surface area contributed by atoms with Crippen molar-refractivity contribution in [3.05, 3.63) is 41.6 Å². The Hall–Kier alpha value is -3.70. The lowest BCUT2D eigenvalue weighted by molar-refractivity contribution is -0.170. The van der Waals surface area contributed by atoms with Gasteiger partial charge in [0, 0.05) is 23.0 Å². The van der Waals surface area contributed by atoms with Crippen LogP contribution in [0.4, 0.5) is 0 Å². The molecule has 1 aromatic carbocycles. The fourth-order valence-corrected chi connectivity index (χ4v) is 6.35. The molecule has 4 N–H and O–H groups in total. The smallest absolute Gasteiger partial charge is 0.354 e. The van der Waals surface area contributed by atoms with Crippen LogP contribution in [0.1, 0.15) is 63.3 Å². The molecule has 11 nitrogen and oxygen atoms in total. The molecule has 0 amide bonds. The predicted octanol–water partition coefficient (Wildman–Crippen LogP) is 2.90. The molecular formula is C28H34N2O9. The number of carbonyl (C=O) groups is 4. The van der Waals surface area contributed by atoms with E-state index >= 15 is 0 Å². The maximum Gasteiger partial charge on any atom is 0.354 e. The van der Waals surface area contributed by atoms with Gasteiger partial charge in [0.15, 0.2) is 5.60 Å². The van der Waals surface area contributed by atoms with E-state index in [2.05, 4.69) is 46.7 Å². The zero-order chi connectivity index (χ0) is 28.5. The van der Waals surface area contributed by atoms with E-state index in [4.69, 9.17) is 25.2 Å². The van der Waals surface area contributed by atoms with Gasteiger partial charge >= 0.3 is 23.9 Å². The molecule has 4 heterocycles. The van der Waals surface area contributed by atoms with Gasteiger partial charge in [0.2, 0.25) is 0 Å². The normalized spacial score (nSPS) is 21.7. The third-order valence-corrected chi connectivity index (χ3v) is 8.02. The molecule has 0 unspecified atom stereocenters. The Labute approximate surface area is 225 Å². The molecule has 11 heteroatoms. The van der Waals surface area contributed by atoms with Gasteiger partial charge in [-0.3, -0.25) is 14.5 Å². The van der Waals surface area contributed by atoms with Crippen LogP contribution in [-0.4, -0.2) is 79.1 Å². The number of aliphatic carboxylic acids is 3. The van der Waals surface area contributed by atoms with Gasteiger partial charge in [0.1, 0.15) is 5.70 Å². The van der Waals surface area contributed by atoms with Gasteiger partial charge in [-0.15, -0.1) is 0 Å². The first-order valence-corrected chi connectivity index (χ1v) is 13.1. The number of carboxylic acid groups (broad SMARTS) is 3. The summed E-state index contributed by atoms with van der Waals surface area (Å²) in [5.41, 5.74) is 1.97. The van der Waals surface area contributed by atoms with Gasteiger partial charge in [0.25, 0.3) is 0 Å². The second-order valence-corrected chi connectivity index (χ2v) is 10.3. The van der Waals surface area contributed by atoms with Crippen molar-refractivity contribution in [2.45, 2.75) is 64.0 Å². The van der Waals surface area contributed by atoms with Crippen LogP contribution in [0.5, 0.6) is 0 Å². The zero-order valence-corrected chi connectivity index (χ0v) is 22.1. The quantitative estimate of drug-likeness (QED) is 0.364. The highest BCUT2D eigenvalue weighted by Gasteiger charge is 2.51. The van der Waals surface area contributed by atoms with E-state index in [9.17, 15) is 19.2 Å². The van der Waals surface area contributed by atoms with Crippen LogP contribution < -0.4 is 0 Å². The molecule has 3 aliphatic heterocycles. The van der Waals surface area contributed by atoms with Crippen LogP contribution in [0.2, 0.25) is 0 Å². The fraction of sp³-hybridized carbons (Fsp3) is 0.500. The summed E-state index contributed by atoms with van der Waals surface area (Å²) >= 11 is 0. The third kappa shape index (κ3) is 5.04. The maximum absolute atomic E-state index is 12.9. The molecule has 0 bridgehead atoms. The number of rotatable bonds is 8. The standard InChI is InChI=1S/C22H26N2O2.C6H8O7/c1-3-22-11-7-12-23-13-10-16-15-8-5-6-9-17(15)24(19(16)20(22)23)18(14-22)21(25)26-4-2;7-3(8)1-6(13,5(11)12)2-4(9)10/h5-6,8-9,14,20H,3-4,7,10-13H2,1-2H3;13H,1-2H2,(H,7,8)(H,9,10)(H,11,12)/t20-,22+;/m1./s1. The summed E-state index contributed by atoms with van der Waals surface area (Å²) in [5, 5.41) is 35.1. The highest BCUT2D eigenvalue weighted by molar-refractivity contribution is 6.13. The van der Waals surface area contributed by atoms with Gasteiger partial charge < -0.3 is 29.7 Å². The average molecular weight is 543 g/mol. The Kier molecular flexibility index (Phi) is 7.85. The van der Waals surface area contributed by atoms with E-state index in [1.807, 2.05) is 6.92 Å². The van der Waals surface area contributed by atoms with Gasteiger partial charge in [-0.05, 0) is 56.9 Å². The Morgan fingerprint density at radius 2 is 1.72 bits per heavy atom. The lowest BCUT2D eigenvalue weighted by Gasteiger charge is -2.53. The summed E-state index contributed by atoms with van der Waals surface area (Å²) in [7, 11) is 0. The summed E-state index contributed by atoms with van der Waals surface area (Å²) < 4.78 is 7.69. The number of piperidine rings is 1. The number of ether oxygens (including phenoxy) is 1. The molecule has 1 saturated heterocycles. The monoisotopic (exact) mass is 542 g/mol. The van der Waals surface area contributed by atoms with Crippen LogP contribution >= 0.6 is 0 Å². The van der Waals surface area contributed by atoms with Crippen LogP contribution in [0.15, 0.2) is 30.3 Å². The first kappa shape index (κ1) is 28.3. The first-order valence-electron chi connectivity index (χ1n) is 13.1. The number of benzene rings is 1. The van der Waals surface area contributed by atoms with Crippen molar-refractivity contribution in [1.82, 2.24) is 9.47 Å². The number of carboxylic acids is 3. The second-order valence-electron chi connectivity index (χ2n) is 10.3. The van der Waals surface area contributed by atoms with Gasteiger partial charge in [-0.2, -0.15) is 0 Å². The van der Waals surface area contributed by atoms with Crippen molar-refractivity contribution in [2.24, 2.45) is 5.41 Å². The second kappa shape index (κ2) is 10.8. The Bertz CT molecular complexity index is 1330. The highest BCUT2D eigenvalue weighted by atomic mass is 16.5. The summed E-state index contributed by atoms with van der Waals surface area (Å²) in [5.74, 6) is -5.21. The van der Waals surface area contributed by atoms with Crippen LogP contribution in [0.3, 0.4) is 0 Å². The van der Waals surface area contributed by atoms with Crippen molar-refractivity contribution in [2.75, 3.05) is 19.7 Å². The number of nitrogens with zero attached hydrogens (tertiary/aromatic N) is 2. The lowest BCUT2D eigenvalue weighted by Crippen LogP contribution is -2.51. The largest absolute Gasteiger partial charge is 0.481 e. The number of aromatic nitrogens is 1. The van der Waals surface area contributed by atoms with E-state index in [-0.39, 0.29) is 11.4 Å². The average Bonchev–Trinajstić information content (AvgIpc) is 3.22. The highest BCUT2D eigenvalue weighted by Crippen LogP contribution is 2.57. The van der Waals surface area contributed by atoms with Crippen molar-refractivity contribution in [3.8, 4) is 0 Å². The molecule has 210 valence electrons. The SMILES string of the molecule is CCOC(=O)C1=C[C@]2(CC)CCCN3CCc4c(n1c1ccccc41)[C@@H]32.O=C(O)CC(O)(CC(=O)O)C(=O)O. The van der Waals surface area contributed by atoms with E-state index in [1.54, 1.807) is 0 Å². The predicted molar refractivity (Wildman–Crippen MR) is 140 cm³/mol. The molecule has 0 saturated carbocycles. The molecular weight excluding hydrogens is 508 g/mol. The minimum absolute atomic E-state index is 0.0416. The molecule has 0 aliphatic carbocycles. The molecule has 0 radical (unpaired) electrons. The molecule has 2 atom stereocenters. The molecule has 1 aromatic heterocycles. The van der Waals surface area contributed by atoms with E-state index in [0.29, 0.717) is 12.6 Å². The minimum Gasteiger partial charge on any atom is -0.481 e. The van der Waals surface area contributed by atoms with Crippen LogP contribution in [0.25, 0.3) is 16.6 Å². The van der Waals surface area contributed by atoms with Crippen LogP contribution in [-0.2, 0) is 30.3 Å². The molecule has 1 fully saturated rings. The molecule has 2 aromatic rings. The molecule has 0 spiro atoms. The Morgan fingerprint density at radius 1 is 1.05 bits per heavy atom. The third-order valence-electron chi connectivity index (χ3n) is 8.02. The van der Waals surface area contributed by atoms with Crippen molar-refractivity contribution < 1.29 is 44.3 Å². The number of hydrogen-bond donors (Lipinski definition) is 4. The number of carbonyl (C=O) groups excluding carboxylic acids is 1. The van der Waals surface area contributed by atoms with Crippen molar-refractivity contribution in [1.29, 1.82) is 0 Å². The maximum atomic E-state index is 12.9. The molecule has 3 aliphatic rings. The number of esters is 1. The van der Waals surface area contributed by atoms with E-state index in [0.717, 1.165) is 43.6 Å². The summed E-state index contributed by atoms with van der Waals surface area (Å²) in [4.78, 5) is 46.1. The van der Waals surface area contributed by atoms with Gasteiger partial charge in [-0.25, -0.2) is 9.59 Å². The topological polar surface area (TPSA) is 167 Å². The van der Waals surface area contributed by atoms with Gasteiger partial charge in [-0.1, -0.05) is 25.1 Å². The number of aliphatic hydroxyl groups is 1. The fourth-order valence-electron chi connectivity index (χ4n) is 6.35. The summed E-state index contributed by atoms with van der Waals surface area (Å²) in [6, 6.07) is 8.92. The first-order chi connectivity index (χ1) is 18.5. The van der Waals surface area contributed by atoms with E-state index < -0.39 is 36.4 Å². The zero-order valence-electron chi connectivity index (χ0n) is 22.1. The number of hydrogen-bond acceptors (Lipinski definition) is 7. The number of para-hydroxylation sites is 1. The molecule has 5 rings (SSSR count). The van der Waals surface area contributed by atoms with Gasteiger partial charge in [0.05, 0.1) is 31.0 Å².